The van der Waals surface area contributed by atoms with Gasteiger partial charge >= 0.3 is 5.97 Å². The Morgan fingerprint density at radius 2 is 1.93 bits per heavy atom. The Bertz CT molecular complexity index is 817. The average molecular weight is 429 g/mol. The molecular formula is C25H33ClN2O2. The summed E-state index contributed by atoms with van der Waals surface area (Å²) >= 11 is 6.02. The summed E-state index contributed by atoms with van der Waals surface area (Å²) in [6, 6.07) is 8.09. The van der Waals surface area contributed by atoms with Gasteiger partial charge in [-0.15, -0.1) is 0 Å². The summed E-state index contributed by atoms with van der Waals surface area (Å²) in [5, 5.41) is 0.774. The number of rotatable bonds is 3. The molecule has 2 heterocycles. The first-order chi connectivity index (χ1) is 14.4. The van der Waals surface area contributed by atoms with Crippen LogP contribution in [0.4, 0.5) is 5.69 Å². The number of piperazine rings is 1. The number of carbonyl (C=O) groups is 1. The molecule has 2 saturated carbocycles. The van der Waals surface area contributed by atoms with Crippen LogP contribution in [0.15, 0.2) is 36.4 Å². The maximum Gasteiger partial charge on any atom is 0.310 e. The zero-order valence-electron chi connectivity index (χ0n) is 18.0. The zero-order chi connectivity index (χ0) is 20.9. The van der Waals surface area contributed by atoms with E-state index in [0.717, 1.165) is 57.0 Å². The van der Waals surface area contributed by atoms with E-state index < -0.39 is 0 Å². The first kappa shape index (κ1) is 20.4. The molecule has 0 N–H and O–H groups in total. The molecule has 0 spiro atoms. The topological polar surface area (TPSA) is 32.8 Å². The highest BCUT2D eigenvalue weighted by Crippen LogP contribution is 2.56. The van der Waals surface area contributed by atoms with Gasteiger partial charge in [-0.2, -0.15) is 0 Å². The summed E-state index contributed by atoms with van der Waals surface area (Å²) in [5.41, 5.74) is 2.91. The lowest BCUT2D eigenvalue weighted by Gasteiger charge is -2.50. The lowest BCUT2D eigenvalue weighted by atomic mass is 9.55. The van der Waals surface area contributed by atoms with Crippen molar-refractivity contribution in [3.05, 3.63) is 41.4 Å². The van der Waals surface area contributed by atoms with Crippen molar-refractivity contribution in [1.82, 2.24) is 4.90 Å². The van der Waals surface area contributed by atoms with Crippen molar-refractivity contribution in [2.45, 2.75) is 45.1 Å². The van der Waals surface area contributed by atoms with Gasteiger partial charge in [0.1, 0.15) is 6.10 Å². The standard InChI is InChI=1S/C25H33ClN2O2/c1-17-4-3-9-25(2)15-23-20(14-22(17)25)21(24(29)30-23)16-27-10-12-28(13-11-27)19-7-5-18(26)6-8-19/h5-8,20-23H,1,3-4,9-16H2,2H3/t20-,21+,22+,23+,25+/m0/s1. The first-order valence-electron chi connectivity index (χ1n) is 11.5. The Labute approximate surface area is 185 Å². The highest BCUT2D eigenvalue weighted by atomic mass is 35.5. The van der Waals surface area contributed by atoms with Gasteiger partial charge in [0, 0.05) is 49.4 Å². The summed E-state index contributed by atoms with van der Waals surface area (Å²) < 4.78 is 5.95. The molecule has 5 atom stereocenters. The zero-order valence-corrected chi connectivity index (χ0v) is 18.7. The van der Waals surface area contributed by atoms with E-state index in [-0.39, 0.29) is 23.4 Å². The van der Waals surface area contributed by atoms with Gasteiger partial charge in [0.15, 0.2) is 0 Å². The molecule has 0 unspecified atom stereocenters. The number of halogens is 1. The van der Waals surface area contributed by atoms with Crippen LogP contribution in [-0.4, -0.2) is 49.7 Å². The molecule has 4 nitrogen and oxygen atoms in total. The van der Waals surface area contributed by atoms with Crippen LogP contribution < -0.4 is 4.90 Å². The third kappa shape index (κ3) is 3.67. The van der Waals surface area contributed by atoms with E-state index in [2.05, 4.69) is 35.4 Å². The van der Waals surface area contributed by atoms with Gasteiger partial charge in [-0.25, -0.2) is 0 Å². The fourth-order valence-corrected chi connectivity index (χ4v) is 6.71. The second-order valence-electron chi connectivity index (χ2n) is 10.2. The first-order valence-corrected chi connectivity index (χ1v) is 11.9. The van der Waals surface area contributed by atoms with Crippen LogP contribution in [0, 0.1) is 23.2 Å². The number of benzene rings is 1. The predicted molar refractivity (Wildman–Crippen MR) is 121 cm³/mol. The molecule has 162 valence electrons. The number of hydrogen-bond acceptors (Lipinski definition) is 4. The number of hydrogen-bond donors (Lipinski definition) is 0. The molecule has 0 aromatic heterocycles. The van der Waals surface area contributed by atoms with E-state index >= 15 is 0 Å². The SMILES string of the molecule is C=C1CCC[C@]2(C)C[C@H]3OC(=O)[C@H](CN4CCN(c5ccc(Cl)cc5)CC4)[C@@H]3C[C@H]12. The molecule has 1 aromatic carbocycles. The predicted octanol–water partition coefficient (Wildman–Crippen LogP) is 4.78. The van der Waals surface area contributed by atoms with Crippen molar-refractivity contribution in [2.24, 2.45) is 23.2 Å². The van der Waals surface area contributed by atoms with E-state index in [1.807, 2.05) is 12.1 Å². The molecule has 0 amide bonds. The Kier molecular flexibility index (Phi) is 5.35. The number of ether oxygens (including phenoxy) is 1. The molecule has 0 radical (unpaired) electrons. The second-order valence-corrected chi connectivity index (χ2v) is 10.6. The van der Waals surface area contributed by atoms with Crippen LogP contribution in [0.25, 0.3) is 0 Å². The van der Waals surface area contributed by atoms with E-state index in [9.17, 15) is 4.79 Å². The smallest absolute Gasteiger partial charge is 0.310 e. The normalized spacial score (nSPS) is 36.9. The van der Waals surface area contributed by atoms with Crippen LogP contribution in [0.3, 0.4) is 0 Å². The quantitative estimate of drug-likeness (QED) is 0.512. The van der Waals surface area contributed by atoms with Gasteiger partial charge < -0.3 is 9.64 Å². The molecule has 0 bridgehead atoms. The summed E-state index contributed by atoms with van der Waals surface area (Å²) in [4.78, 5) is 17.7. The third-order valence-electron chi connectivity index (χ3n) is 8.34. The summed E-state index contributed by atoms with van der Waals surface area (Å²) in [6.07, 6.45) is 5.86. The Morgan fingerprint density at radius 3 is 2.67 bits per heavy atom. The van der Waals surface area contributed by atoms with Crippen LogP contribution in [0.5, 0.6) is 0 Å². The molecule has 4 fully saturated rings. The number of allylic oxidation sites excluding steroid dienone is 1. The van der Waals surface area contributed by atoms with Crippen molar-refractivity contribution in [1.29, 1.82) is 0 Å². The van der Waals surface area contributed by atoms with Crippen molar-refractivity contribution < 1.29 is 9.53 Å². The maximum atomic E-state index is 12.8. The molecule has 2 aliphatic carbocycles. The van der Waals surface area contributed by atoms with Crippen molar-refractivity contribution in [2.75, 3.05) is 37.6 Å². The minimum absolute atomic E-state index is 0.0244. The minimum Gasteiger partial charge on any atom is -0.462 e. The van der Waals surface area contributed by atoms with Gasteiger partial charge in [0.05, 0.1) is 5.92 Å². The van der Waals surface area contributed by atoms with Crippen LogP contribution in [0.1, 0.15) is 39.0 Å². The van der Waals surface area contributed by atoms with Gasteiger partial charge in [-0.05, 0) is 67.7 Å². The van der Waals surface area contributed by atoms with Gasteiger partial charge in [-0.1, -0.05) is 30.7 Å². The average Bonchev–Trinajstić information content (AvgIpc) is 3.01. The summed E-state index contributed by atoms with van der Waals surface area (Å²) in [7, 11) is 0. The van der Waals surface area contributed by atoms with E-state index in [1.54, 1.807) is 0 Å². The molecular weight excluding hydrogens is 396 g/mol. The number of esters is 1. The molecule has 2 aliphatic heterocycles. The second kappa shape index (κ2) is 7.87. The molecule has 1 aromatic rings. The van der Waals surface area contributed by atoms with Gasteiger partial charge in [0.2, 0.25) is 0 Å². The fourth-order valence-electron chi connectivity index (χ4n) is 6.58. The molecule has 30 heavy (non-hydrogen) atoms. The third-order valence-corrected chi connectivity index (χ3v) is 8.59. The maximum absolute atomic E-state index is 12.8. The number of anilines is 1. The number of carbonyl (C=O) groups excluding carboxylic acids is 1. The fraction of sp³-hybridized carbons (Fsp3) is 0.640. The Morgan fingerprint density at radius 1 is 1.20 bits per heavy atom. The molecule has 5 rings (SSSR count). The van der Waals surface area contributed by atoms with Crippen molar-refractivity contribution in [3.8, 4) is 0 Å². The monoisotopic (exact) mass is 428 g/mol. The molecule has 4 aliphatic rings. The van der Waals surface area contributed by atoms with E-state index in [4.69, 9.17) is 16.3 Å². The van der Waals surface area contributed by atoms with Gasteiger partial charge in [0.25, 0.3) is 0 Å². The van der Waals surface area contributed by atoms with Crippen molar-refractivity contribution >= 4 is 23.3 Å². The Balaban J connectivity index is 1.22. The lowest BCUT2D eigenvalue weighted by Crippen LogP contribution is -2.50. The number of fused-ring (bicyclic) bond motifs is 2. The van der Waals surface area contributed by atoms with Crippen LogP contribution >= 0.6 is 11.6 Å². The highest BCUT2D eigenvalue weighted by Gasteiger charge is 2.55. The largest absolute Gasteiger partial charge is 0.462 e. The molecule has 5 heteroatoms. The van der Waals surface area contributed by atoms with Gasteiger partial charge in [-0.3, -0.25) is 9.69 Å². The minimum atomic E-state index is 0.0244. The molecule has 2 saturated heterocycles. The summed E-state index contributed by atoms with van der Waals surface area (Å²) in [6.45, 7) is 11.6. The number of nitrogens with zero attached hydrogens (tertiary/aromatic N) is 2. The lowest BCUT2D eigenvalue weighted by molar-refractivity contribution is -0.146. The van der Waals surface area contributed by atoms with E-state index in [0.29, 0.717) is 11.8 Å². The van der Waals surface area contributed by atoms with Crippen LogP contribution in [0.2, 0.25) is 5.02 Å². The Hall–Kier alpha value is -1.52. The summed E-state index contributed by atoms with van der Waals surface area (Å²) in [5.74, 6) is 0.986. The highest BCUT2D eigenvalue weighted by molar-refractivity contribution is 6.30. The van der Waals surface area contributed by atoms with E-state index in [1.165, 1.54) is 24.1 Å². The van der Waals surface area contributed by atoms with Crippen LogP contribution in [-0.2, 0) is 9.53 Å². The van der Waals surface area contributed by atoms with Crippen molar-refractivity contribution in [3.63, 3.8) is 0 Å².